The molecule has 35 heavy (non-hydrogen) atoms. The van der Waals surface area contributed by atoms with Crippen molar-refractivity contribution in [3.05, 3.63) is 58.8 Å². The van der Waals surface area contributed by atoms with Gasteiger partial charge in [0.15, 0.2) is 5.76 Å². The van der Waals surface area contributed by atoms with Crippen molar-refractivity contribution in [3.63, 3.8) is 0 Å². The Kier molecular flexibility index (Phi) is 7.76. The molecule has 0 amide bonds. The largest absolute Gasteiger partial charge is 0.507 e. The molecule has 0 aromatic heterocycles. The Morgan fingerprint density at radius 1 is 1.11 bits per heavy atom. The van der Waals surface area contributed by atoms with Crippen molar-refractivity contribution in [3.8, 4) is 11.5 Å². The van der Waals surface area contributed by atoms with Crippen molar-refractivity contribution in [1.29, 1.82) is 0 Å². The predicted octanol–water partition coefficient (Wildman–Crippen LogP) is 4.63. The summed E-state index contributed by atoms with van der Waals surface area (Å²) in [6, 6.07) is 11.2. The van der Waals surface area contributed by atoms with Gasteiger partial charge in [-0.3, -0.25) is 14.5 Å². The summed E-state index contributed by atoms with van der Waals surface area (Å²) in [6.45, 7) is 10.2. The van der Waals surface area contributed by atoms with E-state index >= 15 is 0 Å². The molecule has 2 aromatic rings. The number of rotatable bonds is 8. The normalized spacial score (nSPS) is 17.3. The van der Waals surface area contributed by atoms with Crippen LogP contribution in [0.1, 0.15) is 55.1 Å². The van der Waals surface area contributed by atoms with Crippen LogP contribution in [0.15, 0.2) is 42.2 Å². The third kappa shape index (κ3) is 5.35. The number of carbonyl (C=O) groups is 2. The minimum Gasteiger partial charge on any atom is -0.507 e. The number of hydrogen-bond acceptors (Lipinski definition) is 7. The highest BCUT2D eigenvalue weighted by molar-refractivity contribution is 6.15. The zero-order chi connectivity index (χ0) is 24.9. The fourth-order valence-corrected chi connectivity index (χ4v) is 4.78. The maximum atomic E-state index is 13.1. The first-order valence-corrected chi connectivity index (χ1v) is 12.5. The van der Waals surface area contributed by atoms with E-state index in [9.17, 15) is 14.7 Å². The lowest BCUT2D eigenvalue weighted by atomic mass is 9.96. The third-order valence-electron chi connectivity index (χ3n) is 6.82. The van der Waals surface area contributed by atoms with Gasteiger partial charge in [0, 0.05) is 25.3 Å². The van der Waals surface area contributed by atoms with Gasteiger partial charge >= 0.3 is 5.97 Å². The number of ketones is 1. The van der Waals surface area contributed by atoms with Gasteiger partial charge in [-0.05, 0) is 82.6 Å². The first-order chi connectivity index (χ1) is 16.9. The Bertz CT molecular complexity index is 1100. The monoisotopic (exact) mass is 478 g/mol. The minimum absolute atomic E-state index is 0.0817. The number of hydrogen-bond donors (Lipinski definition) is 1. The second-order valence-electron chi connectivity index (χ2n) is 8.95. The van der Waals surface area contributed by atoms with E-state index in [4.69, 9.17) is 9.47 Å². The van der Waals surface area contributed by atoms with Crippen LogP contribution in [-0.2, 0) is 16.1 Å². The van der Waals surface area contributed by atoms with Crippen molar-refractivity contribution in [2.45, 2.75) is 40.2 Å². The number of allylic oxidation sites excluding steroid dienone is 1. The molecule has 186 valence electrons. The molecular weight excluding hydrogens is 444 g/mol. The van der Waals surface area contributed by atoms with Gasteiger partial charge in [0.25, 0.3) is 0 Å². The SMILES string of the molecule is CCOC(=O)C1CCN(Cc2c(O)ccc3c2O/C(=C/c2ccc(N(CC)CC)cc2)C3=O)CC1. The molecule has 2 aromatic carbocycles. The van der Waals surface area contributed by atoms with E-state index in [0.717, 1.165) is 24.3 Å². The van der Waals surface area contributed by atoms with E-state index in [1.54, 1.807) is 18.2 Å². The minimum atomic E-state index is -0.185. The zero-order valence-electron chi connectivity index (χ0n) is 20.8. The van der Waals surface area contributed by atoms with Crippen LogP contribution in [0, 0.1) is 5.92 Å². The van der Waals surface area contributed by atoms with Crippen LogP contribution in [0.5, 0.6) is 11.5 Å². The average molecular weight is 479 g/mol. The highest BCUT2D eigenvalue weighted by atomic mass is 16.5. The maximum absolute atomic E-state index is 13.1. The number of phenolic OH excluding ortho intramolecular Hbond substituents is 1. The second-order valence-corrected chi connectivity index (χ2v) is 8.95. The molecule has 0 bridgehead atoms. The van der Waals surface area contributed by atoms with Gasteiger partial charge in [-0.1, -0.05) is 12.1 Å². The number of benzene rings is 2. The quantitative estimate of drug-likeness (QED) is 0.438. The van der Waals surface area contributed by atoms with Gasteiger partial charge in [0.05, 0.1) is 23.7 Å². The van der Waals surface area contributed by atoms with Gasteiger partial charge in [0.2, 0.25) is 5.78 Å². The van der Waals surface area contributed by atoms with Crippen LogP contribution < -0.4 is 9.64 Å². The molecule has 7 nitrogen and oxygen atoms in total. The standard InChI is InChI=1S/C28H34N2O5/c1-4-30(5-2)21-9-7-19(8-10-21)17-25-26(32)22-11-12-24(31)23(27(22)35-25)18-29-15-13-20(14-16-29)28(33)34-6-3/h7-12,17,20,31H,4-6,13-16,18H2,1-3H3/b25-17+. The topological polar surface area (TPSA) is 79.3 Å². The summed E-state index contributed by atoms with van der Waals surface area (Å²) in [4.78, 5) is 29.5. The zero-order valence-corrected chi connectivity index (χ0v) is 20.8. The van der Waals surface area contributed by atoms with Crippen molar-refractivity contribution < 1.29 is 24.2 Å². The molecule has 0 saturated carbocycles. The third-order valence-corrected chi connectivity index (χ3v) is 6.82. The molecule has 0 aliphatic carbocycles. The van der Waals surface area contributed by atoms with Crippen LogP contribution >= 0.6 is 0 Å². The Morgan fingerprint density at radius 2 is 1.80 bits per heavy atom. The molecule has 7 heteroatoms. The van der Waals surface area contributed by atoms with Crippen LogP contribution in [-0.4, -0.2) is 54.5 Å². The van der Waals surface area contributed by atoms with E-state index in [2.05, 4.69) is 23.6 Å². The molecular formula is C28H34N2O5. The molecule has 2 aliphatic rings. The second kappa shape index (κ2) is 11.0. The maximum Gasteiger partial charge on any atom is 0.309 e. The summed E-state index contributed by atoms with van der Waals surface area (Å²) >= 11 is 0. The molecule has 2 aliphatic heterocycles. The fraction of sp³-hybridized carbons (Fsp3) is 0.429. The number of ether oxygens (including phenoxy) is 2. The number of aromatic hydroxyl groups is 1. The molecule has 0 radical (unpaired) electrons. The van der Waals surface area contributed by atoms with Gasteiger partial charge in [-0.15, -0.1) is 0 Å². The number of esters is 1. The number of piperidine rings is 1. The van der Waals surface area contributed by atoms with Crippen LogP contribution in [0.3, 0.4) is 0 Å². The molecule has 0 spiro atoms. The number of nitrogens with zero attached hydrogens (tertiary/aromatic N) is 2. The summed E-state index contributed by atoms with van der Waals surface area (Å²) in [5, 5.41) is 10.6. The summed E-state index contributed by atoms with van der Waals surface area (Å²) in [5.74, 6) is 0.382. The molecule has 4 rings (SSSR count). The van der Waals surface area contributed by atoms with Gasteiger partial charge in [-0.25, -0.2) is 0 Å². The Hall–Kier alpha value is -3.32. The average Bonchev–Trinajstić information content (AvgIpc) is 3.18. The highest BCUT2D eigenvalue weighted by Crippen LogP contribution is 2.40. The van der Waals surface area contributed by atoms with E-state index in [1.165, 1.54) is 0 Å². The lowest BCUT2D eigenvalue weighted by Gasteiger charge is -2.31. The number of Topliss-reactive ketones (excluding diaryl/α,β-unsaturated/α-hetero) is 1. The first kappa shape index (κ1) is 24.8. The summed E-state index contributed by atoms with van der Waals surface area (Å²) < 4.78 is 11.2. The molecule has 0 atom stereocenters. The van der Waals surface area contributed by atoms with E-state index in [1.807, 2.05) is 31.2 Å². The predicted molar refractivity (Wildman–Crippen MR) is 136 cm³/mol. The van der Waals surface area contributed by atoms with Crippen LogP contribution in [0.25, 0.3) is 6.08 Å². The molecule has 0 unspecified atom stereocenters. The number of likely N-dealkylation sites (tertiary alicyclic amines) is 1. The molecule has 1 N–H and O–H groups in total. The van der Waals surface area contributed by atoms with Crippen molar-refractivity contribution in [1.82, 2.24) is 4.90 Å². The van der Waals surface area contributed by atoms with Crippen molar-refractivity contribution in [2.75, 3.05) is 37.7 Å². The van der Waals surface area contributed by atoms with Gasteiger partial charge in [0.1, 0.15) is 11.5 Å². The summed E-state index contributed by atoms with van der Waals surface area (Å²) in [6.07, 6.45) is 3.17. The van der Waals surface area contributed by atoms with Crippen LogP contribution in [0.2, 0.25) is 0 Å². The van der Waals surface area contributed by atoms with Gasteiger partial charge in [-0.2, -0.15) is 0 Å². The summed E-state index contributed by atoms with van der Waals surface area (Å²) in [5.41, 5.74) is 3.08. The lowest BCUT2D eigenvalue weighted by Crippen LogP contribution is -2.36. The fourth-order valence-electron chi connectivity index (χ4n) is 4.78. The molecule has 1 fully saturated rings. The van der Waals surface area contributed by atoms with E-state index < -0.39 is 0 Å². The van der Waals surface area contributed by atoms with Gasteiger partial charge < -0.3 is 19.5 Å². The van der Waals surface area contributed by atoms with Crippen molar-refractivity contribution in [2.24, 2.45) is 5.92 Å². The van der Waals surface area contributed by atoms with E-state index in [-0.39, 0.29) is 29.2 Å². The van der Waals surface area contributed by atoms with Crippen molar-refractivity contribution >= 4 is 23.5 Å². The Labute approximate surface area is 206 Å². The number of fused-ring (bicyclic) bond motifs is 1. The number of phenols is 1. The lowest BCUT2D eigenvalue weighted by molar-refractivity contribution is -0.149. The number of carbonyl (C=O) groups excluding carboxylic acids is 2. The highest BCUT2D eigenvalue weighted by Gasteiger charge is 2.33. The van der Waals surface area contributed by atoms with Crippen LogP contribution in [0.4, 0.5) is 5.69 Å². The Morgan fingerprint density at radius 3 is 2.43 bits per heavy atom. The first-order valence-electron chi connectivity index (χ1n) is 12.5. The smallest absolute Gasteiger partial charge is 0.309 e. The number of anilines is 1. The Balaban J connectivity index is 1.48. The van der Waals surface area contributed by atoms with E-state index in [0.29, 0.717) is 56.0 Å². The molecule has 1 saturated heterocycles. The summed E-state index contributed by atoms with van der Waals surface area (Å²) in [7, 11) is 0. The molecule has 2 heterocycles.